The first-order valence-corrected chi connectivity index (χ1v) is 6.63. The Balaban J connectivity index is 1.88. The summed E-state index contributed by atoms with van der Waals surface area (Å²) in [5.41, 5.74) is 0. The highest BCUT2D eigenvalue weighted by Crippen LogP contribution is 2.27. The molecule has 2 rings (SSSR count). The van der Waals surface area contributed by atoms with E-state index in [4.69, 9.17) is 5.11 Å². The fourth-order valence-corrected chi connectivity index (χ4v) is 2.99. The van der Waals surface area contributed by atoms with E-state index >= 15 is 0 Å². The Kier molecular flexibility index (Phi) is 4.06. The first-order valence-electron chi connectivity index (χ1n) is 6.63. The van der Waals surface area contributed by atoms with Gasteiger partial charge in [-0.2, -0.15) is 0 Å². The summed E-state index contributed by atoms with van der Waals surface area (Å²) in [6.07, 6.45) is 3.31. The maximum atomic E-state index is 12.0. The molecular weight excluding hydrogens is 234 g/mol. The Morgan fingerprint density at radius 1 is 1.39 bits per heavy atom. The highest BCUT2D eigenvalue weighted by Gasteiger charge is 2.38. The number of hydrogen-bond acceptors (Lipinski definition) is 3. The van der Waals surface area contributed by atoms with E-state index in [9.17, 15) is 9.59 Å². The number of carboxylic acids is 1. The van der Waals surface area contributed by atoms with Gasteiger partial charge in [0.25, 0.3) is 0 Å². The van der Waals surface area contributed by atoms with E-state index in [0.29, 0.717) is 12.6 Å². The molecule has 2 unspecified atom stereocenters. The van der Waals surface area contributed by atoms with Crippen LogP contribution < -0.4 is 5.32 Å². The smallest absolute Gasteiger partial charge is 0.323 e. The van der Waals surface area contributed by atoms with Crippen LogP contribution in [0.15, 0.2) is 0 Å². The van der Waals surface area contributed by atoms with E-state index in [0.717, 1.165) is 25.9 Å². The van der Waals surface area contributed by atoms with Gasteiger partial charge in [0, 0.05) is 25.2 Å². The van der Waals surface area contributed by atoms with Crippen LogP contribution in [-0.2, 0) is 4.79 Å². The normalized spacial score (nSPS) is 26.9. The van der Waals surface area contributed by atoms with Crippen molar-refractivity contribution in [1.82, 2.24) is 15.1 Å². The SMILES string of the molecule is CCN(CC(=O)O)C(=O)NC1CCN2CCCC12. The van der Waals surface area contributed by atoms with Crippen LogP contribution in [0, 0.1) is 0 Å². The van der Waals surface area contributed by atoms with Crippen LogP contribution in [0.1, 0.15) is 26.2 Å². The Bertz CT molecular complexity index is 335. The van der Waals surface area contributed by atoms with Gasteiger partial charge in [-0.1, -0.05) is 0 Å². The summed E-state index contributed by atoms with van der Waals surface area (Å²) < 4.78 is 0. The standard InChI is InChI=1S/C12H21N3O3/c1-2-14(8-11(16)17)12(18)13-9-5-7-15-6-3-4-10(9)15/h9-10H,2-8H2,1H3,(H,13,18)(H,16,17). The molecule has 2 fully saturated rings. The molecule has 0 saturated carbocycles. The molecule has 0 aliphatic carbocycles. The van der Waals surface area contributed by atoms with Crippen molar-refractivity contribution in [3.63, 3.8) is 0 Å². The van der Waals surface area contributed by atoms with Crippen molar-refractivity contribution in [3.8, 4) is 0 Å². The highest BCUT2D eigenvalue weighted by atomic mass is 16.4. The van der Waals surface area contributed by atoms with Gasteiger partial charge >= 0.3 is 12.0 Å². The molecule has 2 atom stereocenters. The molecule has 2 N–H and O–H groups in total. The molecule has 0 radical (unpaired) electrons. The number of nitrogens with one attached hydrogen (secondary N) is 1. The molecule has 2 aliphatic heterocycles. The molecule has 0 spiro atoms. The quantitative estimate of drug-likeness (QED) is 0.760. The van der Waals surface area contributed by atoms with Gasteiger partial charge < -0.3 is 15.3 Å². The van der Waals surface area contributed by atoms with E-state index in [1.54, 1.807) is 6.92 Å². The second-order valence-electron chi connectivity index (χ2n) is 5.00. The van der Waals surface area contributed by atoms with Crippen LogP contribution in [0.3, 0.4) is 0 Å². The lowest BCUT2D eigenvalue weighted by atomic mass is 10.1. The fourth-order valence-electron chi connectivity index (χ4n) is 2.99. The molecule has 6 nitrogen and oxygen atoms in total. The molecule has 0 aromatic heterocycles. The van der Waals surface area contributed by atoms with Gasteiger partial charge in [-0.15, -0.1) is 0 Å². The molecule has 2 saturated heterocycles. The van der Waals surface area contributed by atoms with Gasteiger partial charge in [-0.3, -0.25) is 9.69 Å². The third kappa shape index (κ3) is 2.75. The lowest BCUT2D eigenvalue weighted by molar-refractivity contribution is -0.137. The second-order valence-corrected chi connectivity index (χ2v) is 5.00. The van der Waals surface area contributed by atoms with Gasteiger partial charge in [0.1, 0.15) is 6.54 Å². The Morgan fingerprint density at radius 2 is 2.17 bits per heavy atom. The first-order chi connectivity index (χ1) is 8.61. The molecule has 0 aromatic rings. The minimum absolute atomic E-state index is 0.183. The zero-order chi connectivity index (χ0) is 13.1. The number of fused-ring (bicyclic) bond motifs is 1. The molecule has 0 aromatic carbocycles. The number of hydrogen-bond donors (Lipinski definition) is 2. The van der Waals surface area contributed by atoms with Crippen molar-refractivity contribution >= 4 is 12.0 Å². The van der Waals surface area contributed by atoms with E-state index in [-0.39, 0.29) is 18.6 Å². The van der Waals surface area contributed by atoms with E-state index in [1.807, 2.05) is 0 Å². The Hall–Kier alpha value is -1.30. The van der Waals surface area contributed by atoms with E-state index in [2.05, 4.69) is 10.2 Å². The highest BCUT2D eigenvalue weighted by molar-refractivity contribution is 5.80. The maximum absolute atomic E-state index is 12.0. The molecular formula is C12H21N3O3. The topological polar surface area (TPSA) is 72.9 Å². The number of carboxylic acid groups (broad SMARTS) is 1. The summed E-state index contributed by atoms with van der Waals surface area (Å²) in [6, 6.07) is 0.388. The van der Waals surface area contributed by atoms with Gasteiger partial charge in [-0.25, -0.2) is 4.79 Å². The van der Waals surface area contributed by atoms with Gasteiger partial charge in [0.15, 0.2) is 0 Å². The number of urea groups is 1. The molecule has 2 heterocycles. The average molecular weight is 255 g/mol. The average Bonchev–Trinajstić information content (AvgIpc) is 2.90. The predicted octanol–water partition coefficient (Wildman–Crippen LogP) is 0.339. The molecule has 0 bridgehead atoms. The minimum atomic E-state index is -0.971. The van der Waals surface area contributed by atoms with Crippen molar-refractivity contribution < 1.29 is 14.7 Å². The number of likely N-dealkylation sites (N-methyl/N-ethyl adjacent to an activating group) is 1. The summed E-state index contributed by atoms with van der Waals surface area (Å²) in [7, 11) is 0. The molecule has 2 amide bonds. The molecule has 102 valence electrons. The number of carbonyl (C=O) groups excluding carboxylic acids is 1. The zero-order valence-electron chi connectivity index (χ0n) is 10.8. The fraction of sp³-hybridized carbons (Fsp3) is 0.833. The van der Waals surface area contributed by atoms with Gasteiger partial charge in [0.05, 0.1) is 0 Å². The van der Waals surface area contributed by atoms with Crippen LogP contribution >= 0.6 is 0 Å². The lowest BCUT2D eigenvalue weighted by Gasteiger charge is -2.25. The van der Waals surface area contributed by atoms with Crippen LogP contribution in [0.4, 0.5) is 4.79 Å². The van der Waals surface area contributed by atoms with Crippen LogP contribution in [0.25, 0.3) is 0 Å². The number of amides is 2. The van der Waals surface area contributed by atoms with Crippen LogP contribution in [0.2, 0.25) is 0 Å². The summed E-state index contributed by atoms with van der Waals surface area (Å²) in [5, 5.41) is 11.7. The largest absolute Gasteiger partial charge is 0.480 e. The minimum Gasteiger partial charge on any atom is -0.480 e. The van der Waals surface area contributed by atoms with E-state index in [1.165, 1.54) is 11.3 Å². The van der Waals surface area contributed by atoms with Crippen molar-refractivity contribution in [2.75, 3.05) is 26.2 Å². The zero-order valence-corrected chi connectivity index (χ0v) is 10.8. The number of carbonyl (C=O) groups is 2. The Morgan fingerprint density at radius 3 is 2.83 bits per heavy atom. The van der Waals surface area contributed by atoms with Crippen molar-refractivity contribution in [3.05, 3.63) is 0 Å². The monoisotopic (exact) mass is 255 g/mol. The van der Waals surface area contributed by atoms with Crippen molar-refractivity contribution in [1.29, 1.82) is 0 Å². The van der Waals surface area contributed by atoms with Crippen LogP contribution in [-0.4, -0.2) is 65.2 Å². The summed E-state index contributed by atoms with van der Waals surface area (Å²) in [4.78, 5) is 26.4. The third-order valence-corrected chi connectivity index (χ3v) is 3.91. The van der Waals surface area contributed by atoms with Gasteiger partial charge in [-0.05, 0) is 32.7 Å². The first kappa shape index (κ1) is 13.1. The lowest BCUT2D eigenvalue weighted by Crippen LogP contribution is -2.49. The van der Waals surface area contributed by atoms with E-state index < -0.39 is 5.97 Å². The number of aliphatic carboxylic acids is 1. The molecule has 18 heavy (non-hydrogen) atoms. The maximum Gasteiger partial charge on any atom is 0.323 e. The van der Waals surface area contributed by atoms with Crippen LogP contribution in [0.5, 0.6) is 0 Å². The number of rotatable bonds is 4. The number of nitrogens with zero attached hydrogens (tertiary/aromatic N) is 2. The summed E-state index contributed by atoms with van der Waals surface area (Å²) >= 11 is 0. The molecule has 6 heteroatoms. The van der Waals surface area contributed by atoms with Crippen molar-refractivity contribution in [2.24, 2.45) is 0 Å². The third-order valence-electron chi connectivity index (χ3n) is 3.91. The summed E-state index contributed by atoms with van der Waals surface area (Å²) in [6.45, 7) is 4.14. The van der Waals surface area contributed by atoms with Crippen molar-refractivity contribution in [2.45, 2.75) is 38.3 Å². The Labute approximate surface area is 107 Å². The molecule has 2 aliphatic rings. The predicted molar refractivity (Wildman–Crippen MR) is 66.4 cm³/mol. The second kappa shape index (κ2) is 5.56. The summed E-state index contributed by atoms with van der Waals surface area (Å²) in [5.74, 6) is -0.971. The van der Waals surface area contributed by atoms with Gasteiger partial charge in [0.2, 0.25) is 0 Å².